The minimum atomic E-state index is -0.505. The molecule has 0 bridgehead atoms. The highest BCUT2D eigenvalue weighted by Crippen LogP contribution is 2.25. The highest BCUT2D eigenvalue weighted by Gasteiger charge is 2.28. The number of likely N-dealkylation sites (N-methyl/N-ethyl adjacent to an activating group) is 1. The maximum atomic E-state index is 13.2. The Morgan fingerprint density at radius 2 is 2.07 bits per heavy atom. The topological polar surface area (TPSA) is 89.9 Å². The third-order valence-electron chi connectivity index (χ3n) is 5.04. The lowest BCUT2D eigenvalue weighted by Crippen LogP contribution is -2.36. The number of carbonyl (C=O) groups excluding carboxylic acids is 1. The second kappa shape index (κ2) is 7.69. The summed E-state index contributed by atoms with van der Waals surface area (Å²) < 4.78 is 6.99. The molecule has 8 heteroatoms. The molecule has 0 spiro atoms. The first-order chi connectivity index (χ1) is 13.2. The van der Waals surface area contributed by atoms with Crippen molar-refractivity contribution >= 4 is 5.91 Å². The van der Waals surface area contributed by atoms with Crippen LogP contribution in [0.25, 0.3) is 0 Å². The van der Waals surface area contributed by atoms with Gasteiger partial charge >= 0.3 is 0 Å². The summed E-state index contributed by atoms with van der Waals surface area (Å²) in [5.41, 5.74) is 3.08. The fraction of sp³-hybridized carbons (Fsp3) is 0.421. The molecule has 1 aliphatic rings. The molecule has 0 saturated carbocycles. The van der Waals surface area contributed by atoms with Gasteiger partial charge in [-0.2, -0.15) is 0 Å². The highest BCUT2D eigenvalue weighted by molar-refractivity contribution is 5.80. The van der Waals surface area contributed by atoms with Crippen molar-refractivity contribution in [2.45, 2.75) is 44.7 Å². The van der Waals surface area contributed by atoms with Crippen LogP contribution in [0.3, 0.4) is 0 Å². The maximum Gasteiger partial charge on any atom is 0.248 e. The zero-order valence-electron chi connectivity index (χ0n) is 15.3. The van der Waals surface area contributed by atoms with Gasteiger partial charge in [-0.25, -0.2) is 4.68 Å². The van der Waals surface area contributed by atoms with Crippen molar-refractivity contribution in [2.24, 2.45) is 0 Å². The van der Waals surface area contributed by atoms with Gasteiger partial charge in [0.25, 0.3) is 0 Å². The number of rotatable bonds is 6. The largest absolute Gasteiger partial charge is 0.361 e. The van der Waals surface area contributed by atoms with Gasteiger partial charge in [-0.15, -0.1) is 5.10 Å². The number of aromatic nitrogens is 5. The fourth-order valence-electron chi connectivity index (χ4n) is 3.57. The Hall–Kier alpha value is -3.03. The molecule has 1 amide bonds. The first-order valence-corrected chi connectivity index (χ1v) is 9.20. The SMILES string of the molecule is CN(Cc1noc2c1CCCC2)C(=O)[C@@H](Cc1ccccc1)n1cnnn1. The van der Waals surface area contributed by atoms with E-state index in [1.165, 1.54) is 16.6 Å². The van der Waals surface area contributed by atoms with Crippen LogP contribution in [0.4, 0.5) is 0 Å². The molecular weight excluding hydrogens is 344 g/mol. The van der Waals surface area contributed by atoms with E-state index in [1.54, 1.807) is 11.9 Å². The third kappa shape index (κ3) is 3.74. The number of aryl methyl sites for hydroxylation is 1. The molecule has 1 aliphatic carbocycles. The molecule has 0 saturated heterocycles. The average molecular weight is 366 g/mol. The Morgan fingerprint density at radius 3 is 2.85 bits per heavy atom. The fourth-order valence-corrected chi connectivity index (χ4v) is 3.57. The van der Waals surface area contributed by atoms with Gasteiger partial charge in [0.15, 0.2) is 0 Å². The first kappa shape index (κ1) is 17.4. The van der Waals surface area contributed by atoms with E-state index < -0.39 is 6.04 Å². The van der Waals surface area contributed by atoms with Crippen LogP contribution < -0.4 is 0 Å². The summed E-state index contributed by atoms with van der Waals surface area (Å²) in [5.74, 6) is 0.914. The monoisotopic (exact) mass is 366 g/mol. The van der Waals surface area contributed by atoms with Crippen LogP contribution in [0.2, 0.25) is 0 Å². The van der Waals surface area contributed by atoms with Crippen LogP contribution in [0, 0.1) is 0 Å². The molecule has 8 nitrogen and oxygen atoms in total. The van der Waals surface area contributed by atoms with Crippen LogP contribution in [-0.2, 0) is 30.6 Å². The molecule has 4 rings (SSSR count). The Labute approximate surface area is 157 Å². The van der Waals surface area contributed by atoms with Crippen molar-refractivity contribution in [2.75, 3.05) is 7.05 Å². The van der Waals surface area contributed by atoms with Gasteiger partial charge in [0.2, 0.25) is 5.91 Å². The average Bonchev–Trinajstić information content (AvgIpc) is 3.37. The number of hydrogen-bond acceptors (Lipinski definition) is 6. The van der Waals surface area contributed by atoms with Gasteiger partial charge in [-0.05, 0) is 35.3 Å². The van der Waals surface area contributed by atoms with Gasteiger partial charge in [0, 0.05) is 25.5 Å². The zero-order chi connectivity index (χ0) is 18.6. The molecule has 0 aliphatic heterocycles. The number of fused-ring (bicyclic) bond motifs is 1. The van der Waals surface area contributed by atoms with E-state index in [1.807, 2.05) is 30.3 Å². The summed E-state index contributed by atoms with van der Waals surface area (Å²) in [7, 11) is 1.79. The predicted octanol–water partition coefficient (Wildman–Crippen LogP) is 1.98. The van der Waals surface area contributed by atoms with Crippen molar-refractivity contribution in [1.82, 2.24) is 30.3 Å². The predicted molar refractivity (Wildman–Crippen MR) is 96.6 cm³/mol. The normalized spacial score (nSPS) is 14.6. The van der Waals surface area contributed by atoms with Gasteiger partial charge in [0.1, 0.15) is 23.8 Å². The van der Waals surface area contributed by atoms with Crippen molar-refractivity contribution in [3.05, 3.63) is 59.2 Å². The quantitative estimate of drug-likeness (QED) is 0.663. The number of hydrogen-bond donors (Lipinski definition) is 0. The number of carbonyl (C=O) groups is 1. The van der Waals surface area contributed by atoms with Crippen LogP contribution >= 0.6 is 0 Å². The molecule has 2 aromatic heterocycles. The molecule has 0 radical (unpaired) electrons. The van der Waals surface area contributed by atoms with E-state index in [9.17, 15) is 4.79 Å². The van der Waals surface area contributed by atoms with E-state index in [4.69, 9.17) is 4.52 Å². The number of amides is 1. The smallest absolute Gasteiger partial charge is 0.248 e. The highest BCUT2D eigenvalue weighted by atomic mass is 16.5. The van der Waals surface area contributed by atoms with E-state index in [-0.39, 0.29) is 5.91 Å². The summed E-state index contributed by atoms with van der Waals surface area (Å²) in [6, 6.07) is 9.37. The van der Waals surface area contributed by atoms with Gasteiger partial charge in [-0.3, -0.25) is 4.79 Å². The van der Waals surface area contributed by atoms with Crippen LogP contribution in [0.1, 0.15) is 41.5 Å². The second-order valence-corrected chi connectivity index (χ2v) is 6.93. The van der Waals surface area contributed by atoms with Crippen molar-refractivity contribution < 1.29 is 9.32 Å². The molecule has 140 valence electrons. The summed E-state index contributed by atoms with van der Waals surface area (Å²) in [6.45, 7) is 0.422. The Morgan fingerprint density at radius 1 is 1.26 bits per heavy atom. The van der Waals surface area contributed by atoms with Crippen molar-refractivity contribution in [3.8, 4) is 0 Å². The zero-order valence-corrected chi connectivity index (χ0v) is 15.3. The molecule has 27 heavy (non-hydrogen) atoms. The van der Waals surface area contributed by atoms with E-state index in [0.29, 0.717) is 13.0 Å². The van der Waals surface area contributed by atoms with Gasteiger partial charge < -0.3 is 9.42 Å². The molecule has 1 atom stereocenters. The Kier molecular flexibility index (Phi) is 4.95. The Balaban J connectivity index is 1.53. The third-order valence-corrected chi connectivity index (χ3v) is 5.04. The van der Waals surface area contributed by atoms with E-state index in [0.717, 1.165) is 42.7 Å². The first-order valence-electron chi connectivity index (χ1n) is 9.20. The molecule has 1 aromatic carbocycles. The number of nitrogens with zero attached hydrogens (tertiary/aromatic N) is 6. The summed E-state index contributed by atoms with van der Waals surface area (Å²) in [4.78, 5) is 14.9. The number of benzene rings is 1. The standard InChI is InChI=1S/C19H22N6O2/c1-24(12-16-15-9-5-6-10-18(15)27-21-16)19(26)17(25-13-20-22-23-25)11-14-7-3-2-4-8-14/h2-4,7-8,13,17H,5-6,9-12H2,1H3/t17-/m1/s1. The molecule has 3 aromatic rings. The molecule has 0 N–H and O–H groups in total. The van der Waals surface area contributed by atoms with Gasteiger partial charge in [-0.1, -0.05) is 35.5 Å². The molecular formula is C19H22N6O2. The number of tetrazole rings is 1. The minimum absolute atomic E-state index is 0.0567. The minimum Gasteiger partial charge on any atom is -0.361 e. The lowest BCUT2D eigenvalue weighted by Gasteiger charge is -2.23. The Bertz CT molecular complexity index is 890. The summed E-state index contributed by atoms with van der Waals surface area (Å²) >= 11 is 0. The van der Waals surface area contributed by atoms with Crippen molar-refractivity contribution in [3.63, 3.8) is 0 Å². The van der Waals surface area contributed by atoms with Gasteiger partial charge in [0.05, 0.1) is 6.54 Å². The van der Waals surface area contributed by atoms with E-state index >= 15 is 0 Å². The maximum absolute atomic E-state index is 13.2. The summed E-state index contributed by atoms with van der Waals surface area (Å²) in [6.07, 6.45) is 6.18. The molecule has 0 fully saturated rings. The second-order valence-electron chi connectivity index (χ2n) is 6.93. The molecule has 0 unspecified atom stereocenters. The summed E-state index contributed by atoms with van der Waals surface area (Å²) in [5, 5.41) is 15.6. The van der Waals surface area contributed by atoms with Crippen LogP contribution in [-0.4, -0.2) is 43.2 Å². The lowest BCUT2D eigenvalue weighted by atomic mass is 9.96. The lowest BCUT2D eigenvalue weighted by molar-refractivity contribution is -0.134. The van der Waals surface area contributed by atoms with Crippen LogP contribution in [0.5, 0.6) is 0 Å². The molecule has 2 heterocycles. The van der Waals surface area contributed by atoms with E-state index in [2.05, 4.69) is 20.7 Å². The van der Waals surface area contributed by atoms with Crippen LogP contribution in [0.15, 0.2) is 41.2 Å². The van der Waals surface area contributed by atoms with Crippen molar-refractivity contribution in [1.29, 1.82) is 0 Å².